The van der Waals surface area contributed by atoms with Crippen molar-refractivity contribution in [3.63, 3.8) is 0 Å². The summed E-state index contributed by atoms with van der Waals surface area (Å²) in [5.74, 6) is -1.76. The Labute approximate surface area is 217 Å². The van der Waals surface area contributed by atoms with Crippen molar-refractivity contribution in [1.82, 2.24) is 4.90 Å². The molecule has 0 fully saturated rings. The zero-order valence-corrected chi connectivity index (χ0v) is 20.7. The molecule has 0 aliphatic carbocycles. The number of aliphatic hydroxyl groups excluding tert-OH is 2. The second kappa shape index (κ2) is 10.4. The number of aliphatic hydroxyl groups is 3. The van der Waals surface area contributed by atoms with Crippen LogP contribution in [0.5, 0.6) is 0 Å². The van der Waals surface area contributed by atoms with Gasteiger partial charge in [0.1, 0.15) is 6.04 Å². The molecule has 3 rings (SSSR count). The summed E-state index contributed by atoms with van der Waals surface area (Å²) in [7, 11) is -3.67. The Kier molecular flexibility index (Phi) is 8.09. The summed E-state index contributed by atoms with van der Waals surface area (Å²) in [6.45, 7) is -1.03. The maximum absolute atomic E-state index is 13.2. The first-order valence-electron chi connectivity index (χ1n) is 11.0. The van der Waals surface area contributed by atoms with E-state index in [0.717, 1.165) is 11.2 Å². The third-order valence-corrected chi connectivity index (χ3v) is 7.18. The topological polar surface area (TPSA) is 144 Å². The Hall–Kier alpha value is -3.21. The van der Waals surface area contributed by atoms with E-state index in [1.807, 2.05) is 0 Å². The normalized spacial score (nSPS) is 17.1. The lowest BCUT2D eigenvalue weighted by molar-refractivity contribution is -0.376. The van der Waals surface area contributed by atoms with Crippen LogP contribution < -0.4 is 5.32 Å². The molecular formula is C23H22F6N2O7S. The molecule has 2 atom stereocenters. The smallest absolute Gasteiger partial charge is 0.394 e. The Bertz CT molecular complexity index is 1350. The van der Waals surface area contributed by atoms with E-state index in [1.165, 1.54) is 18.2 Å². The molecule has 1 aliphatic rings. The molecule has 1 heterocycles. The fourth-order valence-corrected chi connectivity index (χ4v) is 4.72. The van der Waals surface area contributed by atoms with Crippen LogP contribution in [0.15, 0.2) is 47.4 Å². The molecule has 16 heteroatoms. The van der Waals surface area contributed by atoms with Gasteiger partial charge in [-0.2, -0.15) is 26.3 Å². The summed E-state index contributed by atoms with van der Waals surface area (Å²) < 4.78 is 103. The van der Waals surface area contributed by atoms with Crippen LogP contribution in [0.25, 0.3) is 0 Å². The van der Waals surface area contributed by atoms with Crippen LogP contribution >= 0.6 is 0 Å². The molecule has 0 bridgehead atoms. The number of carbonyl (C=O) groups is 2. The molecule has 0 radical (unpaired) electrons. The van der Waals surface area contributed by atoms with E-state index in [0.29, 0.717) is 24.3 Å². The number of hydrogen-bond acceptors (Lipinski definition) is 7. The number of nitrogens with one attached hydrogen (secondary N) is 1. The minimum absolute atomic E-state index is 0.109. The summed E-state index contributed by atoms with van der Waals surface area (Å²) in [4.78, 5) is 26.8. The summed E-state index contributed by atoms with van der Waals surface area (Å²) in [6, 6.07) is 4.34. The van der Waals surface area contributed by atoms with Crippen molar-refractivity contribution in [3.8, 4) is 0 Å². The van der Waals surface area contributed by atoms with Crippen LogP contribution in [-0.4, -0.2) is 71.8 Å². The third kappa shape index (κ3) is 5.88. The van der Waals surface area contributed by atoms with Gasteiger partial charge in [-0.3, -0.25) is 9.59 Å². The molecule has 1 aliphatic heterocycles. The quantitative estimate of drug-likeness (QED) is 0.365. The van der Waals surface area contributed by atoms with Gasteiger partial charge in [0.05, 0.1) is 24.0 Å². The van der Waals surface area contributed by atoms with Crippen molar-refractivity contribution in [1.29, 1.82) is 0 Å². The number of carbonyl (C=O) groups excluding carboxylic acids is 2. The lowest BCUT2D eigenvalue weighted by Gasteiger charge is -2.32. The van der Waals surface area contributed by atoms with Crippen LogP contribution in [0.4, 0.5) is 32.0 Å². The van der Waals surface area contributed by atoms with Crippen molar-refractivity contribution in [3.05, 3.63) is 59.2 Å². The zero-order valence-electron chi connectivity index (χ0n) is 19.9. The highest BCUT2D eigenvalue weighted by atomic mass is 32.2. The first-order chi connectivity index (χ1) is 17.8. The van der Waals surface area contributed by atoms with Gasteiger partial charge in [0.15, 0.2) is 9.84 Å². The number of alkyl halides is 6. The largest absolute Gasteiger partial charge is 0.430 e. The number of nitrogens with zero attached hydrogens (tertiary/aromatic N) is 1. The standard InChI is InChI=1S/C23H22F6N2O7S/c1-39(37,38)16-6-7-17-12(8-16)10-31(18(34)9-15(33)11-32)19(17)20(35)30-14-4-2-13(3-5-14)21(36,22(24,25)26)23(27,28)29/h2-8,15,19,32-33,36H,9-11H2,1H3,(H,30,35)/t15-,19?/m0/s1. The predicted octanol–water partition coefficient (Wildman–Crippen LogP) is 2.17. The maximum Gasteiger partial charge on any atom is 0.430 e. The second-order valence-corrected chi connectivity index (χ2v) is 10.9. The number of anilines is 1. The van der Waals surface area contributed by atoms with Crippen LogP contribution in [0.1, 0.15) is 29.2 Å². The van der Waals surface area contributed by atoms with Gasteiger partial charge >= 0.3 is 12.4 Å². The Morgan fingerprint density at radius 2 is 1.62 bits per heavy atom. The molecule has 0 saturated carbocycles. The zero-order chi connectivity index (χ0) is 29.6. The summed E-state index contributed by atoms with van der Waals surface area (Å²) in [5, 5.41) is 30.5. The molecule has 9 nitrogen and oxygen atoms in total. The number of fused-ring (bicyclic) bond motifs is 1. The highest BCUT2D eigenvalue weighted by Gasteiger charge is 2.71. The van der Waals surface area contributed by atoms with Crippen molar-refractivity contribution in [2.45, 2.75) is 48.0 Å². The first kappa shape index (κ1) is 30.3. The molecule has 0 saturated heterocycles. The molecule has 0 spiro atoms. The molecular weight excluding hydrogens is 562 g/mol. The number of rotatable bonds is 7. The highest BCUT2D eigenvalue weighted by molar-refractivity contribution is 7.90. The van der Waals surface area contributed by atoms with Crippen molar-refractivity contribution in [2.75, 3.05) is 18.2 Å². The van der Waals surface area contributed by atoms with E-state index in [-0.39, 0.29) is 28.3 Å². The van der Waals surface area contributed by atoms with Gasteiger partial charge in [0.2, 0.25) is 5.91 Å². The Morgan fingerprint density at radius 1 is 1.05 bits per heavy atom. The van der Waals surface area contributed by atoms with E-state index >= 15 is 0 Å². The lowest BCUT2D eigenvalue weighted by Crippen LogP contribution is -2.53. The van der Waals surface area contributed by atoms with E-state index in [1.54, 1.807) is 0 Å². The van der Waals surface area contributed by atoms with E-state index in [9.17, 15) is 54.6 Å². The van der Waals surface area contributed by atoms with Gasteiger partial charge < -0.3 is 25.5 Å². The minimum Gasteiger partial charge on any atom is -0.394 e. The van der Waals surface area contributed by atoms with Gasteiger partial charge in [0, 0.05) is 24.1 Å². The monoisotopic (exact) mass is 584 g/mol. The van der Waals surface area contributed by atoms with Crippen molar-refractivity contribution in [2.24, 2.45) is 0 Å². The summed E-state index contributed by atoms with van der Waals surface area (Å²) in [5.41, 5.74) is -6.54. The lowest BCUT2D eigenvalue weighted by atomic mass is 9.92. The van der Waals surface area contributed by atoms with Crippen molar-refractivity contribution < 1.29 is 59.7 Å². The average molecular weight is 584 g/mol. The van der Waals surface area contributed by atoms with Gasteiger partial charge in [-0.1, -0.05) is 18.2 Å². The average Bonchev–Trinajstić information content (AvgIpc) is 3.21. The molecule has 4 N–H and O–H groups in total. The number of halogens is 6. The molecule has 2 aromatic carbocycles. The Morgan fingerprint density at radius 3 is 2.10 bits per heavy atom. The van der Waals surface area contributed by atoms with Gasteiger partial charge in [0.25, 0.3) is 11.5 Å². The van der Waals surface area contributed by atoms with E-state index in [2.05, 4.69) is 5.32 Å². The molecule has 2 aromatic rings. The third-order valence-electron chi connectivity index (χ3n) is 6.07. The molecule has 39 heavy (non-hydrogen) atoms. The predicted molar refractivity (Wildman–Crippen MR) is 122 cm³/mol. The summed E-state index contributed by atoms with van der Waals surface area (Å²) >= 11 is 0. The number of hydrogen-bond donors (Lipinski definition) is 4. The fraction of sp³-hybridized carbons (Fsp3) is 0.391. The first-order valence-corrected chi connectivity index (χ1v) is 12.9. The molecule has 0 aromatic heterocycles. The second-order valence-electron chi connectivity index (χ2n) is 8.87. The van der Waals surface area contributed by atoms with Crippen LogP contribution in [0.2, 0.25) is 0 Å². The highest BCUT2D eigenvalue weighted by Crippen LogP contribution is 2.50. The maximum atomic E-state index is 13.2. The number of sulfone groups is 1. The van der Waals surface area contributed by atoms with Crippen LogP contribution in [-0.2, 0) is 31.6 Å². The number of benzene rings is 2. The number of amides is 2. The van der Waals surface area contributed by atoms with Gasteiger partial charge in [-0.05, 0) is 35.4 Å². The van der Waals surface area contributed by atoms with Gasteiger partial charge in [-0.15, -0.1) is 0 Å². The fourth-order valence-electron chi connectivity index (χ4n) is 4.05. The van der Waals surface area contributed by atoms with E-state index < -0.39 is 70.3 Å². The molecule has 2 amide bonds. The van der Waals surface area contributed by atoms with Gasteiger partial charge in [-0.25, -0.2) is 8.42 Å². The Balaban J connectivity index is 1.95. The molecule has 214 valence electrons. The van der Waals surface area contributed by atoms with Crippen LogP contribution in [0, 0.1) is 0 Å². The van der Waals surface area contributed by atoms with Crippen molar-refractivity contribution >= 4 is 27.3 Å². The SMILES string of the molecule is CS(=O)(=O)c1ccc2c(c1)CN(C(=O)C[C@H](O)CO)C2C(=O)Nc1ccc(C(O)(C(F)(F)F)C(F)(F)F)cc1. The van der Waals surface area contributed by atoms with Crippen LogP contribution in [0.3, 0.4) is 0 Å². The molecule has 1 unspecified atom stereocenters. The summed E-state index contributed by atoms with van der Waals surface area (Å²) in [6.07, 6.45) is -13.3. The van der Waals surface area contributed by atoms with E-state index in [4.69, 9.17) is 5.11 Å². The minimum atomic E-state index is -6.10.